The summed E-state index contributed by atoms with van der Waals surface area (Å²) < 4.78 is 123. The number of benzene rings is 2. The summed E-state index contributed by atoms with van der Waals surface area (Å²) in [5, 5.41) is 2.33. The van der Waals surface area contributed by atoms with Gasteiger partial charge >= 0.3 is 19.9 Å². The van der Waals surface area contributed by atoms with E-state index in [2.05, 4.69) is 5.32 Å². The van der Waals surface area contributed by atoms with Crippen molar-refractivity contribution in [2.24, 2.45) is 0 Å². The van der Waals surface area contributed by atoms with Crippen LogP contribution in [-0.4, -0.2) is 35.0 Å². The van der Waals surface area contributed by atoms with Crippen molar-refractivity contribution in [3.63, 3.8) is 0 Å². The number of hydrogen-bond acceptors (Lipinski definition) is 8. The molecule has 10 nitrogen and oxygen atoms in total. The molecule has 3 rings (SSSR count). The standard InChI is InChI=1S/C30H33F6N2O8P/c1-27(2,3)45-47(41,46-28(4,5)6)43-17-38-13-12-20(16-25(38)39)37-26(40)21-10-8-18(29(32,33)30(34,35)36)14-23(21)44-22-11-9-19(31)15-24(22)42-7/h8-16H,17H2,1-7H3,(H,37,40). The van der Waals surface area contributed by atoms with Gasteiger partial charge in [-0.3, -0.25) is 27.7 Å². The first-order valence-corrected chi connectivity index (χ1v) is 15.2. The molecule has 0 saturated heterocycles. The Kier molecular flexibility index (Phi) is 11.0. The van der Waals surface area contributed by atoms with Crippen LogP contribution in [0.25, 0.3) is 0 Å². The van der Waals surface area contributed by atoms with Crippen LogP contribution in [0.4, 0.5) is 32.0 Å². The van der Waals surface area contributed by atoms with E-state index < -0.39 is 72.0 Å². The molecule has 0 aliphatic carbocycles. The lowest BCUT2D eigenvalue weighted by Gasteiger charge is -2.30. The number of ether oxygens (including phenoxy) is 2. The summed E-state index contributed by atoms with van der Waals surface area (Å²) in [4.78, 5) is 26.0. The van der Waals surface area contributed by atoms with Crippen molar-refractivity contribution in [2.45, 2.75) is 71.6 Å². The molecule has 0 spiro atoms. The van der Waals surface area contributed by atoms with Gasteiger partial charge in [-0.15, -0.1) is 0 Å². The van der Waals surface area contributed by atoms with Crippen LogP contribution < -0.4 is 20.3 Å². The summed E-state index contributed by atoms with van der Waals surface area (Å²) in [6.07, 6.45) is -4.80. The Morgan fingerprint density at radius 1 is 0.851 bits per heavy atom. The van der Waals surface area contributed by atoms with Crippen molar-refractivity contribution >= 4 is 19.4 Å². The van der Waals surface area contributed by atoms with Crippen LogP contribution in [-0.2, 0) is 30.8 Å². The molecular weight excluding hydrogens is 661 g/mol. The number of halogens is 6. The first-order chi connectivity index (χ1) is 21.4. The lowest BCUT2D eigenvalue weighted by Crippen LogP contribution is -2.33. The summed E-state index contributed by atoms with van der Waals surface area (Å²) in [6, 6.07) is 6.36. The van der Waals surface area contributed by atoms with E-state index in [4.69, 9.17) is 23.0 Å². The maximum absolute atomic E-state index is 14.2. The number of alkyl halides is 5. The fraction of sp³-hybridized carbons (Fsp3) is 0.400. The Bertz CT molecular complexity index is 1690. The number of anilines is 1. The van der Waals surface area contributed by atoms with Crippen LogP contribution in [0, 0.1) is 5.82 Å². The molecule has 1 aromatic heterocycles. The molecule has 47 heavy (non-hydrogen) atoms. The van der Waals surface area contributed by atoms with Gasteiger partial charge in [0.2, 0.25) is 0 Å². The fourth-order valence-corrected chi connectivity index (χ4v) is 5.51. The molecule has 3 aromatic rings. The van der Waals surface area contributed by atoms with Gasteiger partial charge in [0, 0.05) is 29.6 Å². The summed E-state index contributed by atoms with van der Waals surface area (Å²) in [7, 11) is -3.06. The highest BCUT2D eigenvalue weighted by molar-refractivity contribution is 7.48. The minimum atomic E-state index is -5.97. The number of amides is 1. The molecule has 0 fully saturated rings. The zero-order valence-electron chi connectivity index (χ0n) is 26.3. The number of nitrogens with one attached hydrogen (secondary N) is 1. The highest BCUT2D eigenvalue weighted by Gasteiger charge is 2.59. The minimum Gasteiger partial charge on any atom is -0.493 e. The van der Waals surface area contributed by atoms with Crippen molar-refractivity contribution in [1.29, 1.82) is 0 Å². The Morgan fingerprint density at radius 3 is 2.00 bits per heavy atom. The van der Waals surface area contributed by atoms with E-state index >= 15 is 0 Å². The number of rotatable bonds is 11. The number of methoxy groups -OCH3 is 1. The van der Waals surface area contributed by atoms with E-state index in [0.717, 1.165) is 35.9 Å². The second-order valence-corrected chi connectivity index (χ2v) is 13.5. The summed E-state index contributed by atoms with van der Waals surface area (Å²) in [5.74, 6) is -8.47. The number of hydrogen-bond donors (Lipinski definition) is 1. The maximum Gasteiger partial charge on any atom is 0.477 e. The van der Waals surface area contributed by atoms with Crippen LogP contribution in [0.3, 0.4) is 0 Å². The molecule has 0 unspecified atom stereocenters. The summed E-state index contributed by atoms with van der Waals surface area (Å²) in [5.41, 5.74) is -4.82. The van der Waals surface area contributed by atoms with Gasteiger partial charge in [0.15, 0.2) is 11.5 Å². The molecule has 0 saturated carbocycles. The molecule has 2 aromatic carbocycles. The van der Waals surface area contributed by atoms with Crippen LogP contribution in [0.15, 0.2) is 59.5 Å². The molecule has 0 bridgehead atoms. The van der Waals surface area contributed by atoms with Gasteiger partial charge in [-0.1, -0.05) is 6.07 Å². The van der Waals surface area contributed by atoms with Crippen LogP contribution in [0.2, 0.25) is 0 Å². The summed E-state index contributed by atoms with van der Waals surface area (Å²) in [6.45, 7) is 9.17. The number of phosphoric acid groups is 1. The Labute approximate surface area is 266 Å². The first kappa shape index (κ1) is 37.6. The minimum absolute atomic E-state index is 0.119. The maximum atomic E-state index is 14.2. The Balaban J connectivity index is 1.92. The number of nitrogens with zero attached hydrogens (tertiary/aromatic N) is 1. The number of carbonyl (C=O) groups is 1. The molecule has 0 aliphatic rings. The molecule has 1 heterocycles. The van der Waals surface area contributed by atoms with Crippen LogP contribution >= 0.6 is 7.82 Å². The van der Waals surface area contributed by atoms with Gasteiger partial charge in [-0.2, -0.15) is 22.0 Å². The van der Waals surface area contributed by atoms with Crippen molar-refractivity contribution < 1.29 is 58.7 Å². The van der Waals surface area contributed by atoms with Gasteiger partial charge in [0.05, 0.1) is 23.9 Å². The van der Waals surface area contributed by atoms with Gasteiger partial charge in [0.25, 0.3) is 11.5 Å². The number of carbonyl (C=O) groups excluding carboxylic acids is 1. The predicted octanol–water partition coefficient (Wildman–Crippen LogP) is 8.41. The molecule has 1 amide bonds. The Hall–Kier alpha value is -3.85. The van der Waals surface area contributed by atoms with E-state index in [-0.39, 0.29) is 17.2 Å². The third-order valence-corrected chi connectivity index (χ3v) is 7.64. The summed E-state index contributed by atoms with van der Waals surface area (Å²) >= 11 is 0. The fourth-order valence-electron chi connectivity index (χ4n) is 3.76. The zero-order valence-corrected chi connectivity index (χ0v) is 27.2. The average Bonchev–Trinajstić information content (AvgIpc) is 2.90. The van der Waals surface area contributed by atoms with E-state index in [1.54, 1.807) is 41.5 Å². The van der Waals surface area contributed by atoms with E-state index in [1.807, 2.05) is 0 Å². The van der Waals surface area contributed by atoms with E-state index in [0.29, 0.717) is 18.2 Å². The van der Waals surface area contributed by atoms with Crippen molar-refractivity contribution in [3.8, 4) is 17.2 Å². The first-order valence-electron chi connectivity index (χ1n) is 13.7. The highest BCUT2D eigenvalue weighted by Crippen LogP contribution is 2.55. The van der Waals surface area contributed by atoms with Crippen LogP contribution in [0.5, 0.6) is 17.2 Å². The second kappa shape index (κ2) is 13.7. The van der Waals surface area contributed by atoms with Crippen molar-refractivity contribution in [1.82, 2.24) is 4.57 Å². The topological polar surface area (TPSA) is 114 Å². The third kappa shape index (κ3) is 10.1. The molecule has 0 aliphatic heterocycles. The number of pyridine rings is 1. The normalized spacial score (nSPS) is 13.0. The number of phosphoric ester groups is 1. The van der Waals surface area contributed by atoms with Crippen molar-refractivity contribution in [3.05, 3.63) is 82.0 Å². The molecule has 0 radical (unpaired) electrons. The lowest BCUT2D eigenvalue weighted by atomic mass is 10.0. The Morgan fingerprint density at radius 2 is 1.47 bits per heavy atom. The largest absolute Gasteiger partial charge is 0.493 e. The van der Waals surface area contributed by atoms with E-state index in [1.165, 1.54) is 12.3 Å². The average molecular weight is 695 g/mol. The number of aromatic nitrogens is 1. The monoisotopic (exact) mass is 694 g/mol. The highest BCUT2D eigenvalue weighted by atomic mass is 31.2. The molecule has 0 atom stereocenters. The quantitative estimate of drug-likeness (QED) is 0.157. The second-order valence-electron chi connectivity index (χ2n) is 12.0. The SMILES string of the molecule is COc1cc(F)ccc1Oc1cc(C(F)(F)C(F)(F)F)ccc1C(=O)Nc1ccn(COP(=O)(OC(C)(C)C)OC(C)(C)C)c(=O)c1. The molecule has 258 valence electrons. The lowest BCUT2D eigenvalue weighted by molar-refractivity contribution is -0.289. The van der Waals surface area contributed by atoms with Gasteiger partial charge in [0.1, 0.15) is 18.3 Å². The van der Waals surface area contributed by atoms with Gasteiger partial charge < -0.3 is 14.8 Å². The van der Waals surface area contributed by atoms with Gasteiger partial charge in [-0.25, -0.2) is 8.96 Å². The predicted molar refractivity (Wildman–Crippen MR) is 158 cm³/mol. The smallest absolute Gasteiger partial charge is 0.477 e. The molecule has 1 N–H and O–H groups in total. The zero-order chi connectivity index (χ0) is 35.6. The van der Waals surface area contributed by atoms with Crippen molar-refractivity contribution in [2.75, 3.05) is 12.4 Å². The van der Waals surface area contributed by atoms with Crippen LogP contribution in [0.1, 0.15) is 57.5 Å². The molecule has 17 heteroatoms. The molecular formula is C30H33F6N2O8P. The third-order valence-electron chi connectivity index (χ3n) is 5.67. The van der Waals surface area contributed by atoms with Gasteiger partial charge in [-0.05, 0) is 71.9 Å². The van der Waals surface area contributed by atoms with E-state index in [9.17, 15) is 40.5 Å².